The molecule has 2 unspecified atom stereocenters. The molecule has 0 aromatic heterocycles. The van der Waals surface area contributed by atoms with Crippen molar-refractivity contribution in [3.8, 4) is 0 Å². The highest BCUT2D eigenvalue weighted by atomic mass is 16.5. The molecule has 2 heteroatoms. The summed E-state index contributed by atoms with van der Waals surface area (Å²) in [7, 11) is 0. The fourth-order valence-electron chi connectivity index (χ4n) is 2.79. The smallest absolute Gasteiger partial charge is 0.0812 e. The van der Waals surface area contributed by atoms with E-state index in [0.717, 1.165) is 13.0 Å². The zero-order valence-electron chi connectivity index (χ0n) is 12.7. The lowest BCUT2D eigenvalue weighted by molar-refractivity contribution is -0.0212. The topological polar surface area (TPSA) is 35.2 Å². The molecule has 1 rings (SSSR count). The second-order valence-corrected chi connectivity index (χ2v) is 6.50. The van der Waals surface area contributed by atoms with E-state index in [-0.39, 0.29) is 17.6 Å². The Morgan fingerprint density at radius 1 is 1.22 bits per heavy atom. The maximum Gasteiger partial charge on any atom is 0.0812 e. The molecule has 0 spiro atoms. The van der Waals surface area contributed by atoms with Crippen molar-refractivity contribution >= 4 is 0 Å². The second-order valence-electron chi connectivity index (χ2n) is 6.50. The lowest BCUT2D eigenvalue weighted by atomic mass is 9.80. The van der Waals surface area contributed by atoms with Crippen LogP contribution in [0.15, 0.2) is 11.6 Å². The largest absolute Gasteiger partial charge is 0.376 e. The highest BCUT2D eigenvalue weighted by Gasteiger charge is 2.32. The molecule has 0 aliphatic heterocycles. The van der Waals surface area contributed by atoms with Crippen LogP contribution in [0.3, 0.4) is 0 Å². The zero-order chi connectivity index (χ0) is 13.6. The first-order valence-corrected chi connectivity index (χ1v) is 7.53. The second kappa shape index (κ2) is 7.30. The average Bonchev–Trinajstić information content (AvgIpc) is 2.23. The van der Waals surface area contributed by atoms with E-state index in [9.17, 15) is 0 Å². The minimum Gasteiger partial charge on any atom is -0.376 e. The predicted molar refractivity (Wildman–Crippen MR) is 78.6 cm³/mol. The third kappa shape index (κ3) is 4.74. The number of hydrogen-bond donors (Lipinski definition) is 1. The van der Waals surface area contributed by atoms with E-state index >= 15 is 0 Å². The van der Waals surface area contributed by atoms with Crippen molar-refractivity contribution in [1.82, 2.24) is 0 Å². The van der Waals surface area contributed by atoms with Crippen molar-refractivity contribution in [3.63, 3.8) is 0 Å². The van der Waals surface area contributed by atoms with E-state index in [0.29, 0.717) is 0 Å². The summed E-state index contributed by atoms with van der Waals surface area (Å²) in [5.41, 5.74) is 8.01. The number of nitrogens with two attached hydrogens (primary N) is 1. The molecule has 0 saturated carbocycles. The van der Waals surface area contributed by atoms with Gasteiger partial charge in [0, 0.05) is 6.61 Å². The average molecular weight is 253 g/mol. The van der Waals surface area contributed by atoms with Crippen LogP contribution in [-0.4, -0.2) is 18.8 Å². The molecule has 0 radical (unpaired) electrons. The molecule has 0 aromatic carbocycles. The normalized spacial score (nSPS) is 21.7. The minimum atomic E-state index is 0.0584. The van der Waals surface area contributed by atoms with Gasteiger partial charge in [0.25, 0.3) is 0 Å². The fourth-order valence-corrected chi connectivity index (χ4v) is 2.79. The van der Waals surface area contributed by atoms with E-state index in [2.05, 4.69) is 33.8 Å². The molecular weight excluding hydrogens is 222 g/mol. The Labute approximate surface area is 113 Å². The Balaban J connectivity index is 2.76. The van der Waals surface area contributed by atoms with Crippen LogP contribution >= 0.6 is 0 Å². The molecule has 2 atom stereocenters. The van der Waals surface area contributed by atoms with Gasteiger partial charge in [0.15, 0.2) is 0 Å². The summed E-state index contributed by atoms with van der Waals surface area (Å²) >= 11 is 0. The van der Waals surface area contributed by atoms with Crippen molar-refractivity contribution in [2.45, 2.75) is 78.4 Å². The molecule has 0 aromatic rings. The molecule has 0 saturated heterocycles. The van der Waals surface area contributed by atoms with Gasteiger partial charge >= 0.3 is 0 Å². The maximum absolute atomic E-state index is 6.49. The SMILES string of the molecule is CCOC(C(N)C1=CCCCCCC1)C(C)(C)C. The fraction of sp³-hybridized carbons (Fsp3) is 0.875. The van der Waals surface area contributed by atoms with Crippen molar-refractivity contribution < 1.29 is 4.74 Å². The lowest BCUT2D eigenvalue weighted by Crippen LogP contribution is -2.46. The van der Waals surface area contributed by atoms with Crippen molar-refractivity contribution in [1.29, 1.82) is 0 Å². The molecule has 2 nitrogen and oxygen atoms in total. The molecule has 1 aliphatic carbocycles. The Morgan fingerprint density at radius 3 is 2.50 bits per heavy atom. The first-order valence-electron chi connectivity index (χ1n) is 7.53. The van der Waals surface area contributed by atoms with Crippen molar-refractivity contribution in [2.24, 2.45) is 11.1 Å². The summed E-state index contributed by atoms with van der Waals surface area (Å²) < 4.78 is 5.93. The number of rotatable bonds is 4. The molecule has 0 heterocycles. The summed E-state index contributed by atoms with van der Waals surface area (Å²) in [6.07, 6.45) is 10.1. The molecule has 0 bridgehead atoms. The highest BCUT2D eigenvalue weighted by molar-refractivity contribution is 5.14. The Kier molecular flexibility index (Phi) is 6.37. The minimum absolute atomic E-state index is 0.0584. The van der Waals surface area contributed by atoms with Crippen LogP contribution < -0.4 is 5.73 Å². The van der Waals surface area contributed by atoms with Gasteiger partial charge in [-0.2, -0.15) is 0 Å². The van der Waals surface area contributed by atoms with Crippen LogP contribution in [-0.2, 0) is 4.74 Å². The van der Waals surface area contributed by atoms with E-state index in [1.165, 1.54) is 37.7 Å². The number of ether oxygens (including phenoxy) is 1. The Hall–Kier alpha value is -0.340. The van der Waals surface area contributed by atoms with Gasteiger partial charge in [-0.1, -0.05) is 45.3 Å². The van der Waals surface area contributed by atoms with Gasteiger partial charge in [-0.3, -0.25) is 0 Å². The zero-order valence-corrected chi connectivity index (χ0v) is 12.7. The first kappa shape index (κ1) is 15.7. The predicted octanol–water partition coefficient (Wildman–Crippen LogP) is 4.05. The number of allylic oxidation sites excluding steroid dienone is 1. The van der Waals surface area contributed by atoms with E-state index in [1.54, 1.807) is 0 Å². The molecule has 2 N–H and O–H groups in total. The van der Waals surface area contributed by atoms with Gasteiger partial charge in [0.2, 0.25) is 0 Å². The monoisotopic (exact) mass is 253 g/mol. The summed E-state index contributed by atoms with van der Waals surface area (Å²) in [5.74, 6) is 0. The van der Waals surface area contributed by atoms with E-state index in [1.807, 2.05) is 0 Å². The Morgan fingerprint density at radius 2 is 1.89 bits per heavy atom. The molecule has 0 amide bonds. The van der Waals surface area contributed by atoms with Crippen LogP contribution in [0.4, 0.5) is 0 Å². The highest BCUT2D eigenvalue weighted by Crippen LogP contribution is 2.29. The van der Waals surface area contributed by atoms with E-state index in [4.69, 9.17) is 10.5 Å². The van der Waals surface area contributed by atoms with Crippen LogP contribution in [0.2, 0.25) is 0 Å². The molecule has 0 fully saturated rings. The summed E-state index contributed by atoms with van der Waals surface area (Å²) in [5, 5.41) is 0. The maximum atomic E-state index is 6.49. The van der Waals surface area contributed by atoms with Crippen LogP contribution in [0.5, 0.6) is 0 Å². The van der Waals surface area contributed by atoms with Crippen LogP contribution in [0, 0.1) is 5.41 Å². The molecular formula is C16H31NO. The van der Waals surface area contributed by atoms with Gasteiger partial charge < -0.3 is 10.5 Å². The molecule has 106 valence electrons. The van der Waals surface area contributed by atoms with E-state index < -0.39 is 0 Å². The van der Waals surface area contributed by atoms with Gasteiger partial charge in [0.05, 0.1) is 12.1 Å². The van der Waals surface area contributed by atoms with Gasteiger partial charge in [-0.05, 0) is 38.0 Å². The third-order valence-electron chi connectivity index (χ3n) is 3.78. The number of hydrogen-bond acceptors (Lipinski definition) is 2. The third-order valence-corrected chi connectivity index (χ3v) is 3.78. The summed E-state index contributed by atoms with van der Waals surface area (Å²) in [6, 6.07) is 0.0584. The standard InChI is InChI=1S/C16H31NO/c1-5-18-15(16(2,3)4)14(17)13-11-9-7-6-8-10-12-13/h11,14-15H,5-10,12,17H2,1-4H3. The Bertz CT molecular complexity index is 265. The van der Waals surface area contributed by atoms with Crippen molar-refractivity contribution in [3.05, 3.63) is 11.6 Å². The summed E-state index contributed by atoms with van der Waals surface area (Å²) in [6.45, 7) is 9.45. The van der Waals surface area contributed by atoms with Crippen LogP contribution in [0.25, 0.3) is 0 Å². The van der Waals surface area contributed by atoms with Gasteiger partial charge in [0.1, 0.15) is 0 Å². The first-order chi connectivity index (χ1) is 8.46. The van der Waals surface area contributed by atoms with Gasteiger partial charge in [-0.15, -0.1) is 0 Å². The molecule has 1 aliphatic rings. The lowest BCUT2D eigenvalue weighted by Gasteiger charge is -2.36. The van der Waals surface area contributed by atoms with Gasteiger partial charge in [-0.25, -0.2) is 0 Å². The summed E-state index contributed by atoms with van der Waals surface area (Å²) in [4.78, 5) is 0. The van der Waals surface area contributed by atoms with Crippen LogP contribution in [0.1, 0.15) is 66.2 Å². The van der Waals surface area contributed by atoms with Crippen molar-refractivity contribution in [2.75, 3.05) is 6.61 Å². The molecule has 18 heavy (non-hydrogen) atoms. The quantitative estimate of drug-likeness (QED) is 0.767.